The number of alkyl halides is 3. The van der Waals surface area contributed by atoms with Crippen molar-refractivity contribution in [1.82, 2.24) is 19.8 Å². The van der Waals surface area contributed by atoms with Crippen molar-refractivity contribution in [2.75, 3.05) is 81.4 Å². The van der Waals surface area contributed by atoms with E-state index in [2.05, 4.69) is 51.3 Å². The lowest BCUT2D eigenvalue weighted by Crippen LogP contribution is -2.47. The summed E-state index contributed by atoms with van der Waals surface area (Å²) in [4.78, 5) is 19.1. The molecule has 1 aliphatic carbocycles. The zero-order chi connectivity index (χ0) is 46.4. The Morgan fingerprint density at radius 2 is 1.54 bits per heavy atom. The SMILES string of the molecule is CC1(C)CCC(c2ccc(Cl)cc2)=C(CN2CCN(c3ccc(C(=O)NS(=O)(=O)c4ccc(N[C@H](CCN5CCNCC5)CSc5ccccc5)c(S(=O)(=O)C(F)(F)F)c4)cc3)CC2)C1. The van der Waals surface area contributed by atoms with Gasteiger partial charge in [-0.05, 0) is 109 Å². The second kappa shape index (κ2) is 20.8. The molecule has 18 heteroatoms. The van der Waals surface area contributed by atoms with E-state index in [-0.39, 0.29) is 16.7 Å². The smallest absolute Gasteiger partial charge is 0.380 e. The van der Waals surface area contributed by atoms with Gasteiger partial charge in [-0.25, -0.2) is 21.6 Å². The molecule has 2 aliphatic heterocycles. The number of allylic oxidation sites excluding steroid dienone is 1. The van der Waals surface area contributed by atoms with Gasteiger partial charge in [0.25, 0.3) is 25.8 Å². The molecule has 3 aliphatic rings. The summed E-state index contributed by atoms with van der Waals surface area (Å²) in [6.07, 6.45) is 3.63. The number of anilines is 2. The highest BCUT2D eigenvalue weighted by atomic mass is 35.5. The second-order valence-corrected chi connectivity index (χ2v) is 22.7. The monoisotopic (exact) mass is 972 g/mol. The van der Waals surface area contributed by atoms with Crippen molar-refractivity contribution in [3.8, 4) is 0 Å². The van der Waals surface area contributed by atoms with Crippen molar-refractivity contribution in [3.05, 3.63) is 119 Å². The van der Waals surface area contributed by atoms with Gasteiger partial charge in [-0.1, -0.05) is 61.4 Å². The van der Waals surface area contributed by atoms with Gasteiger partial charge in [0.1, 0.15) is 4.90 Å². The predicted molar refractivity (Wildman–Crippen MR) is 254 cm³/mol. The second-order valence-electron chi connectivity index (χ2n) is 17.6. The van der Waals surface area contributed by atoms with Gasteiger partial charge in [0.05, 0.1) is 10.6 Å². The number of carbonyl (C=O) groups excluding carboxylic acids is 1. The quantitative estimate of drug-likeness (QED) is 0.0937. The molecule has 4 aromatic rings. The van der Waals surface area contributed by atoms with Crippen molar-refractivity contribution in [1.29, 1.82) is 0 Å². The number of thioether (sulfide) groups is 1. The minimum atomic E-state index is -6.04. The van der Waals surface area contributed by atoms with Gasteiger partial charge in [-0.2, -0.15) is 13.2 Å². The molecule has 0 radical (unpaired) electrons. The molecule has 65 heavy (non-hydrogen) atoms. The van der Waals surface area contributed by atoms with Crippen molar-refractivity contribution in [3.63, 3.8) is 0 Å². The van der Waals surface area contributed by atoms with Crippen molar-refractivity contribution < 1.29 is 34.8 Å². The number of nitrogens with zero attached hydrogens (tertiary/aromatic N) is 3. The number of nitrogens with one attached hydrogen (secondary N) is 3. The Kier molecular flexibility index (Phi) is 15.6. The molecule has 2 saturated heterocycles. The largest absolute Gasteiger partial charge is 0.501 e. The molecule has 0 aromatic heterocycles. The van der Waals surface area contributed by atoms with Crippen LogP contribution in [0.1, 0.15) is 55.5 Å². The Balaban J connectivity index is 1.02. The standard InChI is InChI=1S/C47H56ClF3N6O5S3/c1-46(2)20-18-42(34-8-12-37(48)13-9-34)36(31-46)32-56-26-28-57(29-27-56)39-14-10-35(11-15-39)45(58)54-65(61,62)41-16-17-43(44(30-41)64(59,60)47(49,50)51)53-38(19-23-55-24-21-52-22-25-55)33-63-40-6-4-3-5-7-40/h3-17,30,38,52-53H,18-29,31-33H2,1-2H3,(H,54,58)/t38-/m1/s1. The van der Waals surface area contributed by atoms with E-state index in [9.17, 15) is 34.8 Å². The normalized spacial score (nSPS) is 18.3. The molecular weight excluding hydrogens is 917 g/mol. The number of amides is 1. The number of sulfone groups is 1. The van der Waals surface area contributed by atoms with Crippen LogP contribution in [-0.4, -0.2) is 115 Å². The van der Waals surface area contributed by atoms with Gasteiger partial charge in [-0.3, -0.25) is 9.69 Å². The first-order valence-electron chi connectivity index (χ1n) is 21.8. The van der Waals surface area contributed by atoms with E-state index in [1.165, 1.54) is 40.6 Å². The number of carbonyl (C=O) groups is 1. The zero-order valence-corrected chi connectivity index (χ0v) is 39.7. The summed E-state index contributed by atoms with van der Waals surface area (Å²) >= 11 is 7.65. The van der Waals surface area contributed by atoms with Crippen molar-refractivity contribution >= 4 is 66.1 Å². The third-order valence-electron chi connectivity index (χ3n) is 12.3. The molecule has 7 rings (SSSR count). The fraction of sp³-hybridized carbons (Fsp3) is 0.426. The Bertz CT molecular complexity index is 2530. The first-order valence-corrected chi connectivity index (χ1v) is 26.1. The lowest BCUT2D eigenvalue weighted by atomic mass is 9.73. The summed E-state index contributed by atoms with van der Waals surface area (Å²) in [6.45, 7) is 12.4. The van der Waals surface area contributed by atoms with Crippen LogP contribution in [0.5, 0.6) is 0 Å². The molecule has 1 atom stereocenters. The van der Waals surface area contributed by atoms with E-state index in [1.807, 2.05) is 47.2 Å². The fourth-order valence-corrected chi connectivity index (χ4v) is 11.7. The first-order chi connectivity index (χ1) is 30.9. The maximum atomic E-state index is 14.2. The molecule has 0 bridgehead atoms. The summed E-state index contributed by atoms with van der Waals surface area (Å²) in [6, 6.07) is 25.9. The summed E-state index contributed by atoms with van der Waals surface area (Å²) < 4.78 is 97.8. The molecule has 350 valence electrons. The minimum Gasteiger partial charge on any atom is -0.380 e. The maximum absolute atomic E-state index is 14.2. The van der Waals surface area contributed by atoms with E-state index in [0.717, 1.165) is 101 Å². The van der Waals surface area contributed by atoms with Crippen LogP contribution in [-0.2, 0) is 19.9 Å². The molecular formula is C47H56ClF3N6O5S3. The molecule has 2 fully saturated rings. The first kappa shape index (κ1) is 48.8. The summed E-state index contributed by atoms with van der Waals surface area (Å²) in [5.74, 6) is -0.633. The Morgan fingerprint density at radius 3 is 2.20 bits per heavy atom. The highest BCUT2D eigenvalue weighted by molar-refractivity contribution is 7.99. The third kappa shape index (κ3) is 12.7. The van der Waals surface area contributed by atoms with Gasteiger partial charge in [0, 0.05) is 98.4 Å². The molecule has 1 amide bonds. The highest BCUT2D eigenvalue weighted by Gasteiger charge is 2.48. The van der Waals surface area contributed by atoms with Crippen LogP contribution in [0.25, 0.3) is 5.57 Å². The van der Waals surface area contributed by atoms with Crippen molar-refractivity contribution in [2.45, 2.75) is 65.8 Å². The maximum Gasteiger partial charge on any atom is 0.501 e. The van der Waals surface area contributed by atoms with Crippen LogP contribution < -0.4 is 20.3 Å². The molecule has 11 nitrogen and oxygen atoms in total. The number of hydrogen-bond donors (Lipinski definition) is 3. The van der Waals surface area contributed by atoms with Crippen LogP contribution in [0.15, 0.2) is 117 Å². The summed E-state index contributed by atoms with van der Waals surface area (Å²) in [5.41, 5.74) is -0.983. The molecule has 0 spiro atoms. The Labute approximate surface area is 390 Å². The minimum absolute atomic E-state index is 0.00204. The van der Waals surface area contributed by atoms with Gasteiger partial charge < -0.3 is 20.4 Å². The van der Waals surface area contributed by atoms with E-state index in [4.69, 9.17) is 11.6 Å². The Morgan fingerprint density at radius 1 is 0.862 bits per heavy atom. The van der Waals surface area contributed by atoms with Crippen LogP contribution in [0.4, 0.5) is 24.5 Å². The average Bonchev–Trinajstić information content (AvgIpc) is 3.28. The fourth-order valence-electron chi connectivity index (χ4n) is 8.60. The van der Waals surface area contributed by atoms with E-state index in [0.29, 0.717) is 29.8 Å². The van der Waals surface area contributed by atoms with Crippen LogP contribution >= 0.6 is 23.4 Å². The van der Waals surface area contributed by atoms with E-state index < -0.39 is 47.1 Å². The molecule has 4 aromatic carbocycles. The molecule has 3 N–H and O–H groups in total. The predicted octanol–water partition coefficient (Wildman–Crippen LogP) is 8.41. The topological polar surface area (TPSA) is 131 Å². The highest BCUT2D eigenvalue weighted by Crippen LogP contribution is 2.43. The van der Waals surface area contributed by atoms with Gasteiger partial charge in [-0.15, -0.1) is 11.8 Å². The van der Waals surface area contributed by atoms with Crippen LogP contribution in [0, 0.1) is 5.41 Å². The average molecular weight is 974 g/mol. The van der Waals surface area contributed by atoms with Gasteiger partial charge in [0.15, 0.2) is 0 Å². The van der Waals surface area contributed by atoms with Crippen LogP contribution in [0.3, 0.4) is 0 Å². The number of sulfonamides is 1. The lowest BCUT2D eigenvalue weighted by molar-refractivity contribution is -0.0435. The number of rotatable bonds is 16. The zero-order valence-electron chi connectivity index (χ0n) is 36.5. The number of benzene rings is 4. The number of piperazine rings is 2. The van der Waals surface area contributed by atoms with Crippen LogP contribution in [0.2, 0.25) is 5.02 Å². The van der Waals surface area contributed by atoms with E-state index in [1.54, 1.807) is 12.1 Å². The Hall–Kier alpha value is -4.10. The molecule has 2 heterocycles. The van der Waals surface area contributed by atoms with Crippen molar-refractivity contribution in [2.24, 2.45) is 5.41 Å². The molecule has 0 saturated carbocycles. The summed E-state index contributed by atoms with van der Waals surface area (Å²) in [7, 11) is -10.9. The number of hydrogen-bond acceptors (Lipinski definition) is 11. The number of halogens is 4. The van der Waals surface area contributed by atoms with Gasteiger partial charge in [0.2, 0.25) is 0 Å². The summed E-state index contributed by atoms with van der Waals surface area (Å²) in [5, 5.41) is 7.01. The van der Waals surface area contributed by atoms with E-state index >= 15 is 0 Å². The lowest BCUT2D eigenvalue weighted by Gasteiger charge is -2.39. The molecule has 0 unspecified atom stereocenters. The van der Waals surface area contributed by atoms with Gasteiger partial charge >= 0.3 is 5.51 Å². The third-order valence-corrected chi connectivity index (χ3v) is 16.6.